The molecular formula is C14H17BrN4O. The Labute approximate surface area is 126 Å². The van der Waals surface area contributed by atoms with E-state index in [4.69, 9.17) is 4.74 Å². The van der Waals surface area contributed by atoms with Crippen molar-refractivity contribution in [3.8, 4) is 5.75 Å². The fraction of sp³-hybridized carbons (Fsp3) is 0.429. The van der Waals surface area contributed by atoms with Crippen molar-refractivity contribution in [2.45, 2.75) is 18.9 Å². The summed E-state index contributed by atoms with van der Waals surface area (Å²) in [5, 5.41) is 11.4. The number of aromatic nitrogens is 3. The number of hydrogen-bond donors (Lipinski definition) is 1. The van der Waals surface area contributed by atoms with Gasteiger partial charge in [0.2, 0.25) is 0 Å². The lowest BCUT2D eigenvalue weighted by Crippen LogP contribution is -2.31. The number of fused-ring (bicyclic) bond motifs is 1. The molecule has 2 aromatic rings. The van der Waals surface area contributed by atoms with Gasteiger partial charge < -0.3 is 14.6 Å². The highest BCUT2D eigenvalue weighted by atomic mass is 79.9. The minimum Gasteiger partial charge on any atom is -0.488 e. The molecule has 6 heteroatoms. The highest BCUT2D eigenvalue weighted by Crippen LogP contribution is 2.30. The van der Waals surface area contributed by atoms with Gasteiger partial charge >= 0.3 is 0 Å². The minimum absolute atomic E-state index is 0.221. The minimum atomic E-state index is 0.221. The molecule has 106 valence electrons. The first-order valence-electron chi connectivity index (χ1n) is 6.71. The topological polar surface area (TPSA) is 52.0 Å². The molecule has 0 amide bonds. The fourth-order valence-corrected chi connectivity index (χ4v) is 2.81. The van der Waals surface area contributed by atoms with E-state index in [0.29, 0.717) is 0 Å². The zero-order valence-corrected chi connectivity index (χ0v) is 12.9. The van der Waals surface area contributed by atoms with Crippen molar-refractivity contribution in [2.75, 3.05) is 13.1 Å². The Kier molecular flexibility index (Phi) is 4.03. The second-order valence-corrected chi connectivity index (χ2v) is 5.92. The second kappa shape index (κ2) is 5.93. The fourth-order valence-electron chi connectivity index (χ4n) is 2.40. The normalized spacial score (nSPS) is 17.0. The molecule has 0 spiro atoms. The number of ether oxygens (including phenoxy) is 1. The molecule has 1 atom stereocenters. The number of hydrogen-bond acceptors (Lipinski definition) is 4. The molecule has 1 N–H and O–H groups in total. The number of aryl methyl sites for hydroxylation is 1. The van der Waals surface area contributed by atoms with Gasteiger partial charge in [-0.2, -0.15) is 0 Å². The van der Waals surface area contributed by atoms with E-state index < -0.39 is 0 Å². The number of benzene rings is 1. The molecule has 1 unspecified atom stereocenters. The number of nitrogens with zero attached hydrogens (tertiary/aromatic N) is 3. The van der Waals surface area contributed by atoms with E-state index in [-0.39, 0.29) is 6.10 Å². The average molecular weight is 337 g/mol. The molecule has 2 heterocycles. The molecule has 1 aliphatic heterocycles. The van der Waals surface area contributed by atoms with Crippen molar-refractivity contribution in [1.29, 1.82) is 0 Å². The molecule has 5 nitrogen and oxygen atoms in total. The van der Waals surface area contributed by atoms with Gasteiger partial charge in [0.1, 0.15) is 24.0 Å². The summed E-state index contributed by atoms with van der Waals surface area (Å²) in [5.41, 5.74) is 1.28. The SMILES string of the molecule is Cn1cnnc1CCNCC1Cc2cc(Br)ccc2O1. The summed E-state index contributed by atoms with van der Waals surface area (Å²) in [6.07, 6.45) is 3.79. The van der Waals surface area contributed by atoms with Crippen LogP contribution in [-0.4, -0.2) is 34.0 Å². The van der Waals surface area contributed by atoms with E-state index in [0.717, 1.165) is 42.0 Å². The Morgan fingerprint density at radius 1 is 1.50 bits per heavy atom. The van der Waals surface area contributed by atoms with Gasteiger partial charge in [0.05, 0.1) is 0 Å². The Hall–Kier alpha value is -1.40. The van der Waals surface area contributed by atoms with E-state index in [1.165, 1.54) is 5.56 Å². The summed E-state index contributed by atoms with van der Waals surface area (Å²) in [6.45, 7) is 1.73. The molecular weight excluding hydrogens is 320 g/mol. The van der Waals surface area contributed by atoms with Crippen molar-refractivity contribution in [1.82, 2.24) is 20.1 Å². The highest BCUT2D eigenvalue weighted by molar-refractivity contribution is 9.10. The van der Waals surface area contributed by atoms with E-state index in [9.17, 15) is 0 Å². The van der Waals surface area contributed by atoms with Gasteiger partial charge in [-0.25, -0.2) is 0 Å². The van der Waals surface area contributed by atoms with Crippen LogP contribution < -0.4 is 10.1 Å². The lowest BCUT2D eigenvalue weighted by Gasteiger charge is -2.11. The van der Waals surface area contributed by atoms with Gasteiger partial charge in [-0.1, -0.05) is 15.9 Å². The van der Waals surface area contributed by atoms with E-state index >= 15 is 0 Å². The van der Waals surface area contributed by atoms with Gasteiger partial charge in [0, 0.05) is 37.5 Å². The number of nitrogens with one attached hydrogen (secondary N) is 1. The molecule has 20 heavy (non-hydrogen) atoms. The largest absolute Gasteiger partial charge is 0.488 e. The van der Waals surface area contributed by atoms with Crippen LogP contribution in [0.5, 0.6) is 5.75 Å². The summed E-state index contributed by atoms with van der Waals surface area (Å²) in [7, 11) is 1.96. The van der Waals surface area contributed by atoms with Gasteiger partial charge in [-0.3, -0.25) is 0 Å². The first kappa shape index (κ1) is 13.6. The van der Waals surface area contributed by atoms with Crippen LogP contribution in [-0.2, 0) is 19.9 Å². The van der Waals surface area contributed by atoms with Crippen LogP contribution in [0.2, 0.25) is 0 Å². The molecule has 0 saturated carbocycles. The third-order valence-corrected chi connectivity index (χ3v) is 3.96. The van der Waals surface area contributed by atoms with Gasteiger partial charge in [-0.05, 0) is 23.8 Å². The van der Waals surface area contributed by atoms with Crippen LogP contribution in [0, 0.1) is 0 Å². The maximum atomic E-state index is 5.91. The summed E-state index contributed by atoms with van der Waals surface area (Å²) < 4.78 is 8.96. The lowest BCUT2D eigenvalue weighted by atomic mass is 10.1. The predicted octanol–water partition coefficient (Wildman–Crippen LogP) is 1.71. The van der Waals surface area contributed by atoms with Crippen molar-refractivity contribution in [3.05, 3.63) is 40.4 Å². The summed E-state index contributed by atoms with van der Waals surface area (Å²) in [6, 6.07) is 6.18. The Balaban J connectivity index is 1.44. The zero-order valence-electron chi connectivity index (χ0n) is 11.3. The Bertz CT molecular complexity index is 599. The Morgan fingerprint density at radius 2 is 2.40 bits per heavy atom. The first-order chi connectivity index (χ1) is 9.72. The van der Waals surface area contributed by atoms with E-state index in [1.807, 2.05) is 23.7 Å². The van der Waals surface area contributed by atoms with Crippen LogP contribution in [0.4, 0.5) is 0 Å². The number of rotatable bonds is 5. The maximum Gasteiger partial charge on any atom is 0.133 e. The van der Waals surface area contributed by atoms with Crippen molar-refractivity contribution in [3.63, 3.8) is 0 Å². The van der Waals surface area contributed by atoms with Crippen LogP contribution in [0.15, 0.2) is 29.0 Å². The van der Waals surface area contributed by atoms with Crippen molar-refractivity contribution >= 4 is 15.9 Å². The molecule has 0 saturated heterocycles. The molecule has 0 bridgehead atoms. The van der Waals surface area contributed by atoms with Gasteiger partial charge in [0.15, 0.2) is 0 Å². The molecule has 1 aromatic heterocycles. The van der Waals surface area contributed by atoms with Gasteiger partial charge in [0.25, 0.3) is 0 Å². The van der Waals surface area contributed by atoms with Gasteiger partial charge in [-0.15, -0.1) is 10.2 Å². The maximum absolute atomic E-state index is 5.91. The monoisotopic (exact) mass is 336 g/mol. The van der Waals surface area contributed by atoms with Crippen molar-refractivity contribution in [2.24, 2.45) is 7.05 Å². The third-order valence-electron chi connectivity index (χ3n) is 3.47. The molecule has 0 radical (unpaired) electrons. The van der Waals surface area contributed by atoms with E-state index in [2.05, 4.69) is 37.5 Å². The van der Waals surface area contributed by atoms with Crippen LogP contribution in [0.1, 0.15) is 11.4 Å². The smallest absolute Gasteiger partial charge is 0.133 e. The van der Waals surface area contributed by atoms with E-state index in [1.54, 1.807) is 6.33 Å². The third kappa shape index (κ3) is 3.02. The average Bonchev–Trinajstić information content (AvgIpc) is 3.00. The van der Waals surface area contributed by atoms with Crippen LogP contribution in [0.3, 0.4) is 0 Å². The second-order valence-electron chi connectivity index (χ2n) is 5.01. The van der Waals surface area contributed by atoms with Crippen LogP contribution in [0.25, 0.3) is 0 Å². The molecule has 3 rings (SSSR count). The van der Waals surface area contributed by atoms with Crippen molar-refractivity contribution < 1.29 is 4.74 Å². The first-order valence-corrected chi connectivity index (χ1v) is 7.50. The predicted molar refractivity (Wildman–Crippen MR) is 79.8 cm³/mol. The zero-order chi connectivity index (χ0) is 13.9. The quantitative estimate of drug-likeness (QED) is 0.844. The van der Waals surface area contributed by atoms with Crippen LogP contribution >= 0.6 is 15.9 Å². The molecule has 0 aliphatic carbocycles. The lowest BCUT2D eigenvalue weighted by molar-refractivity contribution is 0.228. The summed E-state index contributed by atoms with van der Waals surface area (Å²) in [5.74, 6) is 2.00. The molecule has 0 fully saturated rings. The number of halogens is 1. The standard InChI is InChI=1S/C14H17BrN4O/c1-19-9-17-18-14(19)4-5-16-8-12-7-10-6-11(15)2-3-13(10)20-12/h2-3,6,9,12,16H,4-5,7-8H2,1H3. The summed E-state index contributed by atoms with van der Waals surface area (Å²) >= 11 is 3.49. The molecule has 1 aromatic carbocycles. The highest BCUT2D eigenvalue weighted by Gasteiger charge is 2.22. The Morgan fingerprint density at radius 3 is 3.20 bits per heavy atom. The molecule has 1 aliphatic rings. The summed E-state index contributed by atoms with van der Waals surface area (Å²) in [4.78, 5) is 0.